The second kappa shape index (κ2) is 6.74. The molecule has 17 heavy (non-hydrogen) atoms. The summed E-state index contributed by atoms with van der Waals surface area (Å²) in [7, 11) is 0. The van der Waals surface area contributed by atoms with Gasteiger partial charge in [0.1, 0.15) is 0 Å². The molecule has 96 valence electrons. The Morgan fingerprint density at radius 3 is 2.18 bits per heavy atom. The molecule has 0 amide bonds. The van der Waals surface area contributed by atoms with Gasteiger partial charge in [-0.05, 0) is 17.9 Å². The number of nitrogens with two attached hydrogens (primary N) is 1. The van der Waals surface area contributed by atoms with Crippen LogP contribution in [0.15, 0.2) is 30.3 Å². The normalized spacial score (nSPS) is 16.8. The second-order valence-electron chi connectivity index (χ2n) is 4.97. The van der Waals surface area contributed by atoms with E-state index < -0.39 is 12.2 Å². The molecule has 0 fully saturated rings. The highest BCUT2D eigenvalue weighted by molar-refractivity contribution is 5.16. The monoisotopic (exact) mass is 237 g/mol. The SMILES string of the molecule is CC(C)[C@@H](O)C[C@H](O)[C@@H](N)Cc1ccccc1. The van der Waals surface area contributed by atoms with Gasteiger partial charge in [0.2, 0.25) is 0 Å². The van der Waals surface area contributed by atoms with Crippen LogP contribution in [0, 0.1) is 5.92 Å². The first-order valence-corrected chi connectivity index (χ1v) is 6.16. The summed E-state index contributed by atoms with van der Waals surface area (Å²) < 4.78 is 0. The number of hydrogen-bond donors (Lipinski definition) is 3. The first kappa shape index (κ1) is 14.2. The molecule has 3 nitrogen and oxygen atoms in total. The summed E-state index contributed by atoms with van der Waals surface area (Å²) in [5.41, 5.74) is 7.05. The Bertz CT molecular complexity index is 313. The van der Waals surface area contributed by atoms with E-state index in [1.807, 2.05) is 44.2 Å². The van der Waals surface area contributed by atoms with Gasteiger partial charge in [-0.25, -0.2) is 0 Å². The highest BCUT2D eigenvalue weighted by Gasteiger charge is 2.20. The average molecular weight is 237 g/mol. The summed E-state index contributed by atoms with van der Waals surface area (Å²) >= 11 is 0. The van der Waals surface area contributed by atoms with E-state index in [2.05, 4.69) is 0 Å². The lowest BCUT2D eigenvalue weighted by atomic mass is 9.94. The first-order chi connectivity index (χ1) is 8.00. The van der Waals surface area contributed by atoms with Crippen LogP contribution in [0.2, 0.25) is 0 Å². The van der Waals surface area contributed by atoms with Gasteiger partial charge in [0.15, 0.2) is 0 Å². The van der Waals surface area contributed by atoms with Crippen molar-refractivity contribution >= 4 is 0 Å². The van der Waals surface area contributed by atoms with E-state index >= 15 is 0 Å². The van der Waals surface area contributed by atoms with E-state index in [1.54, 1.807) is 0 Å². The van der Waals surface area contributed by atoms with Gasteiger partial charge < -0.3 is 15.9 Å². The van der Waals surface area contributed by atoms with Gasteiger partial charge in [-0.2, -0.15) is 0 Å². The minimum Gasteiger partial charge on any atom is -0.393 e. The fourth-order valence-electron chi connectivity index (χ4n) is 1.72. The van der Waals surface area contributed by atoms with E-state index in [9.17, 15) is 10.2 Å². The number of aliphatic hydroxyl groups is 2. The maximum atomic E-state index is 9.91. The number of hydrogen-bond acceptors (Lipinski definition) is 3. The van der Waals surface area contributed by atoms with Crippen molar-refractivity contribution in [3.05, 3.63) is 35.9 Å². The van der Waals surface area contributed by atoms with Crippen LogP contribution in [0.25, 0.3) is 0 Å². The predicted molar refractivity (Wildman–Crippen MR) is 69.6 cm³/mol. The molecule has 0 aromatic heterocycles. The minimum atomic E-state index is -0.660. The van der Waals surface area contributed by atoms with E-state index in [-0.39, 0.29) is 12.0 Å². The fourth-order valence-corrected chi connectivity index (χ4v) is 1.72. The van der Waals surface area contributed by atoms with Gasteiger partial charge in [-0.15, -0.1) is 0 Å². The molecule has 3 heteroatoms. The van der Waals surface area contributed by atoms with Gasteiger partial charge in [0.25, 0.3) is 0 Å². The summed E-state index contributed by atoms with van der Waals surface area (Å²) in [4.78, 5) is 0. The molecular weight excluding hydrogens is 214 g/mol. The van der Waals surface area contributed by atoms with E-state index in [0.717, 1.165) is 5.56 Å². The van der Waals surface area contributed by atoms with Crippen LogP contribution in [0.3, 0.4) is 0 Å². The lowest BCUT2D eigenvalue weighted by molar-refractivity contribution is 0.0419. The van der Waals surface area contributed by atoms with Crippen LogP contribution in [-0.2, 0) is 6.42 Å². The first-order valence-electron chi connectivity index (χ1n) is 6.16. The highest BCUT2D eigenvalue weighted by Crippen LogP contribution is 2.12. The molecule has 0 radical (unpaired) electrons. The van der Waals surface area contributed by atoms with Crippen molar-refractivity contribution in [3.8, 4) is 0 Å². The maximum Gasteiger partial charge on any atom is 0.0719 e. The molecule has 1 aromatic carbocycles. The van der Waals surface area contributed by atoms with Crippen molar-refractivity contribution in [2.24, 2.45) is 11.7 Å². The summed E-state index contributed by atoms with van der Waals surface area (Å²) in [6, 6.07) is 9.52. The lowest BCUT2D eigenvalue weighted by Gasteiger charge is -2.23. The van der Waals surface area contributed by atoms with Crippen molar-refractivity contribution < 1.29 is 10.2 Å². The van der Waals surface area contributed by atoms with E-state index in [0.29, 0.717) is 12.8 Å². The molecule has 0 saturated carbocycles. The molecule has 0 bridgehead atoms. The summed E-state index contributed by atoms with van der Waals surface area (Å²) in [6.45, 7) is 3.86. The Morgan fingerprint density at radius 1 is 1.06 bits per heavy atom. The third-order valence-electron chi connectivity index (χ3n) is 3.06. The number of rotatable bonds is 6. The third kappa shape index (κ3) is 4.86. The fraction of sp³-hybridized carbons (Fsp3) is 0.571. The maximum absolute atomic E-state index is 9.91. The van der Waals surface area contributed by atoms with E-state index in [1.165, 1.54) is 0 Å². The molecule has 1 aromatic rings. The molecular formula is C14H23NO2. The molecule has 3 atom stereocenters. The second-order valence-corrected chi connectivity index (χ2v) is 4.97. The standard InChI is InChI=1S/C14H23NO2/c1-10(2)13(16)9-14(17)12(15)8-11-6-4-3-5-7-11/h3-7,10,12-14,16-17H,8-9,15H2,1-2H3/t12-,13-,14-/m0/s1. The van der Waals surface area contributed by atoms with E-state index in [4.69, 9.17) is 5.73 Å². The highest BCUT2D eigenvalue weighted by atomic mass is 16.3. The summed E-state index contributed by atoms with van der Waals surface area (Å²) in [5.74, 6) is 0.147. The van der Waals surface area contributed by atoms with Gasteiger partial charge in [-0.1, -0.05) is 44.2 Å². The van der Waals surface area contributed by atoms with Gasteiger partial charge >= 0.3 is 0 Å². The van der Waals surface area contributed by atoms with Crippen LogP contribution < -0.4 is 5.73 Å². The van der Waals surface area contributed by atoms with Crippen LogP contribution in [0.4, 0.5) is 0 Å². The van der Waals surface area contributed by atoms with Crippen LogP contribution >= 0.6 is 0 Å². The molecule has 0 spiro atoms. The number of aliphatic hydroxyl groups excluding tert-OH is 2. The third-order valence-corrected chi connectivity index (χ3v) is 3.06. The van der Waals surface area contributed by atoms with Crippen molar-refractivity contribution in [2.45, 2.75) is 44.9 Å². The Hall–Kier alpha value is -0.900. The van der Waals surface area contributed by atoms with Crippen molar-refractivity contribution in [3.63, 3.8) is 0 Å². The Morgan fingerprint density at radius 2 is 1.65 bits per heavy atom. The number of benzene rings is 1. The molecule has 1 rings (SSSR count). The lowest BCUT2D eigenvalue weighted by Crippen LogP contribution is -2.39. The van der Waals surface area contributed by atoms with Crippen LogP contribution in [0.1, 0.15) is 25.8 Å². The smallest absolute Gasteiger partial charge is 0.0719 e. The topological polar surface area (TPSA) is 66.5 Å². The summed E-state index contributed by atoms with van der Waals surface area (Å²) in [6.07, 6.45) is -0.183. The average Bonchev–Trinajstić information content (AvgIpc) is 2.29. The van der Waals surface area contributed by atoms with Crippen molar-refractivity contribution in [1.82, 2.24) is 0 Å². The zero-order valence-electron chi connectivity index (χ0n) is 10.6. The molecule has 0 aliphatic rings. The van der Waals surface area contributed by atoms with Gasteiger partial charge in [0.05, 0.1) is 12.2 Å². The molecule has 0 heterocycles. The molecule has 4 N–H and O–H groups in total. The molecule has 0 aliphatic heterocycles. The Balaban J connectivity index is 2.44. The quantitative estimate of drug-likeness (QED) is 0.699. The van der Waals surface area contributed by atoms with Gasteiger partial charge in [-0.3, -0.25) is 0 Å². The van der Waals surface area contributed by atoms with Crippen LogP contribution in [0.5, 0.6) is 0 Å². The minimum absolute atomic E-state index is 0.147. The molecule has 0 unspecified atom stereocenters. The van der Waals surface area contributed by atoms with Gasteiger partial charge in [0, 0.05) is 12.5 Å². The molecule has 0 saturated heterocycles. The Labute approximate surface area is 103 Å². The predicted octanol–water partition coefficient (Wildman–Crippen LogP) is 1.32. The summed E-state index contributed by atoms with van der Waals surface area (Å²) in [5, 5.41) is 19.6. The largest absolute Gasteiger partial charge is 0.393 e. The zero-order chi connectivity index (χ0) is 12.8. The Kier molecular flexibility index (Phi) is 5.62. The van der Waals surface area contributed by atoms with Crippen LogP contribution in [-0.4, -0.2) is 28.5 Å². The zero-order valence-corrected chi connectivity index (χ0v) is 10.6. The van der Waals surface area contributed by atoms with Crippen molar-refractivity contribution in [1.29, 1.82) is 0 Å². The van der Waals surface area contributed by atoms with Crippen molar-refractivity contribution in [2.75, 3.05) is 0 Å². The molecule has 0 aliphatic carbocycles.